The maximum absolute atomic E-state index is 6.27. The van der Waals surface area contributed by atoms with Crippen LogP contribution in [0.1, 0.15) is 29.7 Å². The van der Waals surface area contributed by atoms with Crippen molar-refractivity contribution < 1.29 is 0 Å². The van der Waals surface area contributed by atoms with E-state index in [4.69, 9.17) is 23.2 Å². The predicted molar refractivity (Wildman–Crippen MR) is 85.6 cm³/mol. The molecule has 1 N–H and O–H groups in total. The first-order valence-electron chi connectivity index (χ1n) is 6.69. The van der Waals surface area contributed by atoms with E-state index in [9.17, 15) is 0 Å². The summed E-state index contributed by atoms with van der Waals surface area (Å²) < 4.78 is 0. The van der Waals surface area contributed by atoms with Crippen LogP contribution in [0.5, 0.6) is 0 Å². The smallest absolute Gasteiger partial charge is 0.0439 e. The van der Waals surface area contributed by atoms with Crippen LogP contribution in [0.25, 0.3) is 0 Å². The fourth-order valence-corrected chi connectivity index (χ4v) is 2.69. The standard InChI is InChI=1S/C16H18Cl2N2/c1-3-20-16(14-10-19-7-6-11(14)2)9-12-8-13(17)4-5-15(12)18/h4-8,10,16,20H,3,9H2,1-2H3. The second kappa shape index (κ2) is 7.07. The molecule has 0 spiro atoms. The summed E-state index contributed by atoms with van der Waals surface area (Å²) in [6.45, 7) is 5.08. The summed E-state index contributed by atoms with van der Waals surface area (Å²) >= 11 is 12.3. The second-order valence-electron chi connectivity index (χ2n) is 4.78. The number of pyridine rings is 1. The van der Waals surface area contributed by atoms with Gasteiger partial charge in [-0.3, -0.25) is 4.98 Å². The highest BCUT2D eigenvalue weighted by Crippen LogP contribution is 2.27. The third-order valence-corrected chi connectivity index (χ3v) is 3.94. The SMILES string of the molecule is CCNC(Cc1cc(Cl)ccc1Cl)c1cnccc1C. The topological polar surface area (TPSA) is 24.9 Å². The average Bonchev–Trinajstić information content (AvgIpc) is 2.43. The van der Waals surface area contributed by atoms with Crippen molar-refractivity contribution in [2.75, 3.05) is 6.54 Å². The molecule has 2 rings (SSSR count). The number of aryl methyl sites for hydroxylation is 1. The van der Waals surface area contributed by atoms with Crippen LogP contribution < -0.4 is 5.32 Å². The molecular weight excluding hydrogens is 291 g/mol. The molecule has 0 aliphatic carbocycles. The van der Waals surface area contributed by atoms with Gasteiger partial charge in [0.05, 0.1) is 0 Å². The Labute approximate surface area is 130 Å². The van der Waals surface area contributed by atoms with Gasteiger partial charge in [-0.15, -0.1) is 0 Å². The third kappa shape index (κ3) is 3.72. The maximum atomic E-state index is 6.27. The number of nitrogens with one attached hydrogen (secondary N) is 1. The van der Waals surface area contributed by atoms with Crippen molar-refractivity contribution in [3.63, 3.8) is 0 Å². The summed E-state index contributed by atoms with van der Waals surface area (Å²) in [6, 6.07) is 7.80. The van der Waals surface area contributed by atoms with Gasteiger partial charge in [0, 0.05) is 28.5 Å². The fraction of sp³-hybridized carbons (Fsp3) is 0.312. The van der Waals surface area contributed by atoms with Gasteiger partial charge in [-0.25, -0.2) is 0 Å². The molecule has 0 saturated heterocycles. The zero-order chi connectivity index (χ0) is 14.5. The number of rotatable bonds is 5. The van der Waals surface area contributed by atoms with Crippen molar-refractivity contribution in [2.45, 2.75) is 26.3 Å². The highest BCUT2D eigenvalue weighted by atomic mass is 35.5. The number of hydrogen-bond donors (Lipinski definition) is 1. The Kier molecular flexibility index (Phi) is 5.41. The molecule has 1 aromatic carbocycles. The number of halogens is 2. The van der Waals surface area contributed by atoms with Crippen LogP contribution in [-0.4, -0.2) is 11.5 Å². The number of aromatic nitrogens is 1. The normalized spacial score (nSPS) is 12.4. The Morgan fingerprint density at radius 1 is 1.25 bits per heavy atom. The lowest BCUT2D eigenvalue weighted by molar-refractivity contribution is 0.546. The summed E-state index contributed by atoms with van der Waals surface area (Å²) in [6.07, 6.45) is 4.52. The van der Waals surface area contributed by atoms with Crippen molar-refractivity contribution in [1.29, 1.82) is 0 Å². The lowest BCUT2D eigenvalue weighted by Gasteiger charge is -2.20. The summed E-state index contributed by atoms with van der Waals surface area (Å²) in [5, 5.41) is 4.95. The Balaban J connectivity index is 2.30. The van der Waals surface area contributed by atoms with Crippen molar-refractivity contribution in [1.82, 2.24) is 10.3 Å². The van der Waals surface area contributed by atoms with E-state index in [1.165, 1.54) is 11.1 Å². The van der Waals surface area contributed by atoms with Gasteiger partial charge in [-0.1, -0.05) is 30.1 Å². The molecule has 2 aromatic rings. The fourth-order valence-electron chi connectivity index (χ4n) is 2.30. The lowest BCUT2D eigenvalue weighted by Crippen LogP contribution is -2.24. The molecule has 0 bridgehead atoms. The van der Waals surface area contributed by atoms with Gasteiger partial charge in [0.1, 0.15) is 0 Å². The molecule has 1 heterocycles. The van der Waals surface area contributed by atoms with Crippen molar-refractivity contribution in [3.05, 3.63) is 63.4 Å². The minimum Gasteiger partial charge on any atom is -0.310 e. The molecule has 0 amide bonds. The third-order valence-electron chi connectivity index (χ3n) is 3.34. The highest BCUT2D eigenvalue weighted by Gasteiger charge is 2.15. The Morgan fingerprint density at radius 3 is 2.75 bits per heavy atom. The molecule has 0 fully saturated rings. The van der Waals surface area contributed by atoms with E-state index < -0.39 is 0 Å². The molecule has 20 heavy (non-hydrogen) atoms. The minimum absolute atomic E-state index is 0.185. The van der Waals surface area contributed by atoms with E-state index in [0.29, 0.717) is 5.02 Å². The van der Waals surface area contributed by atoms with E-state index in [1.807, 2.05) is 36.7 Å². The van der Waals surface area contributed by atoms with Gasteiger partial charge >= 0.3 is 0 Å². The van der Waals surface area contributed by atoms with E-state index in [2.05, 4.69) is 24.1 Å². The van der Waals surface area contributed by atoms with Gasteiger partial charge in [0.25, 0.3) is 0 Å². The van der Waals surface area contributed by atoms with Crippen LogP contribution >= 0.6 is 23.2 Å². The molecule has 0 radical (unpaired) electrons. The zero-order valence-electron chi connectivity index (χ0n) is 11.7. The van der Waals surface area contributed by atoms with Crippen LogP contribution in [0.4, 0.5) is 0 Å². The molecular formula is C16H18Cl2N2. The van der Waals surface area contributed by atoms with Gasteiger partial charge in [-0.05, 0) is 60.8 Å². The Hall–Kier alpha value is -1.09. The Bertz CT molecular complexity index is 584. The van der Waals surface area contributed by atoms with Gasteiger partial charge in [-0.2, -0.15) is 0 Å². The second-order valence-corrected chi connectivity index (χ2v) is 5.63. The van der Waals surface area contributed by atoms with Crippen molar-refractivity contribution in [2.24, 2.45) is 0 Å². The molecule has 1 unspecified atom stereocenters. The molecule has 0 saturated carbocycles. The van der Waals surface area contributed by atoms with E-state index >= 15 is 0 Å². The quantitative estimate of drug-likeness (QED) is 0.874. The monoisotopic (exact) mass is 308 g/mol. The van der Waals surface area contributed by atoms with Crippen molar-refractivity contribution >= 4 is 23.2 Å². The van der Waals surface area contributed by atoms with Crippen molar-refractivity contribution in [3.8, 4) is 0 Å². The number of hydrogen-bond acceptors (Lipinski definition) is 2. The van der Waals surface area contributed by atoms with Gasteiger partial charge in [0.15, 0.2) is 0 Å². The predicted octanol–water partition coefficient (Wildman–Crippen LogP) is 4.59. The van der Waals surface area contributed by atoms with Crippen LogP contribution in [0, 0.1) is 6.92 Å². The van der Waals surface area contributed by atoms with Crippen LogP contribution in [0.15, 0.2) is 36.7 Å². The molecule has 2 nitrogen and oxygen atoms in total. The highest BCUT2D eigenvalue weighted by molar-refractivity contribution is 6.33. The largest absolute Gasteiger partial charge is 0.310 e. The first-order chi connectivity index (χ1) is 9.61. The van der Waals surface area contributed by atoms with E-state index in [1.54, 1.807) is 0 Å². The Morgan fingerprint density at radius 2 is 2.05 bits per heavy atom. The van der Waals surface area contributed by atoms with Crippen LogP contribution in [-0.2, 0) is 6.42 Å². The first kappa shape index (κ1) is 15.3. The van der Waals surface area contributed by atoms with Crippen LogP contribution in [0.3, 0.4) is 0 Å². The zero-order valence-corrected chi connectivity index (χ0v) is 13.2. The number of likely N-dealkylation sites (N-methyl/N-ethyl adjacent to an activating group) is 1. The van der Waals surface area contributed by atoms with E-state index in [-0.39, 0.29) is 6.04 Å². The summed E-state index contributed by atoms with van der Waals surface area (Å²) in [5.74, 6) is 0. The number of nitrogens with zero attached hydrogens (tertiary/aromatic N) is 1. The minimum atomic E-state index is 0.185. The average molecular weight is 309 g/mol. The molecule has 4 heteroatoms. The first-order valence-corrected chi connectivity index (χ1v) is 7.45. The number of benzene rings is 1. The van der Waals surface area contributed by atoms with E-state index in [0.717, 1.165) is 23.6 Å². The molecule has 0 aliphatic rings. The van der Waals surface area contributed by atoms with Gasteiger partial charge < -0.3 is 5.32 Å². The van der Waals surface area contributed by atoms with Crippen LogP contribution in [0.2, 0.25) is 10.0 Å². The molecule has 0 aliphatic heterocycles. The lowest BCUT2D eigenvalue weighted by atomic mass is 9.97. The molecule has 1 atom stereocenters. The maximum Gasteiger partial charge on any atom is 0.0439 e. The summed E-state index contributed by atoms with van der Waals surface area (Å²) in [5.41, 5.74) is 3.47. The van der Waals surface area contributed by atoms with Gasteiger partial charge in [0.2, 0.25) is 0 Å². The molecule has 106 valence electrons. The summed E-state index contributed by atoms with van der Waals surface area (Å²) in [7, 11) is 0. The summed E-state index contributed by atoms with van der Waals surface area (Å²) in [4.78, 5) is 4.23. The molecule has 1 aromatic heterocycles.